The van der Waals surface area contributed by atoms with Crippen LogP contribution in [0.15, 0.2) is 84.9 Å². The number of hydrogen-bond acceptors (Lipinski definition) is 2. The Kier molecular flexibility index (Phi) is 7.27. The van der Waals surface area contributed by atoms with Crippen LogP contribution < -0.4 is 10.1 Å². The van der Waals surface area contributed by atoms with E-state index >= 15 is 0 Å². The van der Waals surface area contributed by atoms with Crippen molar-refractivity contribution in [1.29, 1.82) is 0 Å². The quantitative estimate of drug-likeness (QED) is 0.339. The number of nitrogens with one attached hydrogen (secondary N) is 1. The fourth-order valence-electron chi connectivity index (χ4n) is 3.85. The lowest BCUT2D eigenvalue weighted by Crippen LogP contribution is -2.45. The van der Waals surface area contributed by atoms with E-state index in [0.717, 1.165) is 12.3 Å². The zero-order valence-corrected chi connectivity index (χ0v) is 17.0. The second-order valence-electron chi connectivity index (χ2n) is 7.20. The molecule has 0 aliphatic rings. The summed E-state index contributed by atoms with van der Waals surface area (Å²) in [5.41, 5.74) is 3.34. The van der Waals surface area contributed by atoms with Gasteiger partial charge < -0.3 is 4.74 Å². The van der Waals surface area contributed by atoms with Gasteiger partial charge in [0.2, 0.25) is 0 Å². The van der Waals surface area contributed by atoms with Crippen LogP contribution in [0.2, 0.25) is 0 Å². The van der Waals surface area contributed by atoms with Crippen molar-refractivity contribution in [1.82, 2.24) is 5.32 Å². The smallest absolute Gasteiger partial charge is 0.118 e. The second-order valence-corrected chi connectivity index (χ2v) is 7.20. The van der Waals surface area contributed by atoms with Gasteiger partial charge in [0.05, 0.1) is 12.6 Å². The van der Waals surface area contributed by atoms with Gasteiger partial charge in [0.25, 0.3) is 0 Å². The molecule has 0 heterocycles. The van der Waals surface area contributed by atoms with Gasteiger partial charge in [-0.1, -0.05) is 99.0 Å². The van der Waals surface area contributed by atoms with Gasteiger partial charge in [-0.15, -0.1) is 0 Å². The van der Waals surface area contributed by atoms with Gasteiger partial charge in [0, 0.05) is 0 Å². The van der Waals surface area contributed by atoms with Crippen molar-refractivity contribution in [2.45, 2.75) is 38.1 Å². The molecule has 0 unspecified atom stereocenters. The van der Waals surface area contributed by atoms with Crippen LogP contribution in [0.4, 0.5) is 0 Å². The minimum Gasteiger partial charge on any atom is -0.497 e. The van der Waals surface area contributed by atoms with Crippen molar-refractivity contribution in [3.63, 3.8) is 0 Å². The van der Waals surface area contributed by atoms with E-state index in [1.807, 2.05) is 0 Å². The lowest BCUT2D eigenvalue weighted by atomic mass is 9.77. The van der Waals surface area contributed by atoms with Gasteiger partial charge in [0.15, 0.2) is 0 Å². The topological polar surface area (TPSA) is 21.3 Å². The summed E-state index contributed by atoms with van der Waals surface area (Å²) in [5, 5.41) is 3.94. The van der Waals surface area contributed by atoms with E-state index in [4.69, 9.17) is 4.74 Å². The maximum Gasteiger partial charge on any atom is 0.118 e. The largest absolute Gasteiger partial charge is 0.497 e. The van der Waals surface area contributed by atoms with Crippen molar-refractivity contribution in [3.05, 3.63) is 102 Å². The number of ether oxygens (including phenoxy) is 1. The van der Waals surface area contributed by atoms with Gasteiger partial charge >= 0.3 is 0 Å². The minimum atomic E-state index is -0.388. The lowest BCUT2D eigenvalue weighted by Gasteiger charge is -2.37. The summed E-state index contributed by atoms with van der Waals surface area (Å²) in [4.78, 5) is 0. The number of hydrogen-bond donors (Lipinski definition) is 1. The van der Waals surface area contributed by atoms with Crippen molar-refractivity contribution in [3.8, 4) is 5.75 Å². The molecule has 0 saturated heterocycles. The van der Waals surface area contributed by atoms with Crippen molar-refractivity contribution >= 4 is 0 Å². The maximum absolute atomic E-state index is 5.40. The zero-order chi connectivity index (χ0) is 19.7. The Morgan fingerprint density at radius 2 is 1.21 bits per heavy atom. The molecule has 0 fully saturated rings. The molecule has 0 aliphatic heterocycles. The molecule has 2 heteroatoms. The summed E-state index contributed by atoms with van der Waals surface area (Å²) in [6.07, 6.45) is 4.96. The molecule has 0 aromatic heterocycles. The molecule has 1 N–H and O–H groups in total. The summed E-state index contributed by atoms with van der Waals surface area (Å²) in [5.74, 6) is 0.877. The van der Waals surface area contributed by atoms with Crippen LogP contribution in [0.25, 0.3) is 0 Å². The summed E-state index contributed by atoms with van der Waals surface area (Å²) in [6, 6.07) is 30.0. The molecular weight excluding hydrogens is 342 g/mol. The van der Waals surface area contributed by atoms with Crippen LogP contribution in [-0.2, 0) is 5.54 Å². The Balaban J connectivity index is 2.08. The minimum absolute atomic E-state index is 0.388. The maximum atomic E-state index is 5.40. The highest BCUT2D eigenvalue weighted by atomic mass is 16.5. The Bertz CT molecular complexity index is 773. The summed E-state index contributed by atoms with van der Waals surface area (Å²) in [7, 11) is 1.71. The van der Waals surface area contributed by atoms with Crippen LogP contribution in [0.1, 0.15) is 49.3 Å². The molecule has 3 aromatic carbocycles. The van der Waals surface area contributed by atoms with E-state index in [-0.39, 0.29) is 5.54 Å². The normalized spacial score (nSPS) is 11.4. The predicted octanol–water partition coefficient (Wildman–Crippen LogP) is 6.16. The summed E-state index contributed by atoms with van der Waals surface area (Å²) < 4.78 is 5.40. The molecule has 0 amide bonds. The van der Waals surface area contributed by atoms with Crippen molar-refractivity contribution in [2.24, 2.45) is 0 Å². The molecule has 0 saturated carbocycles. The average molecular weight is 374 g/mol. The van der Waals surface area contributed by atoms with Crippen LogP contribution >= 0.6 is 0 Å². The van der Waals surface area contributed by atoms with Crippen LogP contribution in [0, 0.1) is 0 Å². The van der Waals surface area contributed by atoms with Crippen molar-refractivity contribution in [2.75, 3.05) is 13.7 Å². The first-order chi connectivity index (χ1) is 13.8. The monoisotopic (exact) mass is 373 g/mol. The zero-order valence-electron chi connectivity index (χ0n) is 17.0. The molecule has 3 rings (SSSR count). The molecular formula is C26H31NO. The molecule has 0 radical (unpaired) electrons. The fraction of sp³-hybridized carbons (Fsp3) is 0.308. The van der Waals surface area contributed by atoms with Crippen molar-refractivity contribution < 1.29 is 4.74 Å². The van der Waals surface area contributed by atoms with E-state index < -0.39 is 0 Å². The average Bonchev–Trinajstić information content (AvgIpc) is 2.78. The molecule has 2 nitrogen and oxygen atoms in total. The second kappa shape index (κ2) is 10.1. The summed E-state index contributed by atoms with van der Waals surface area (Å²) in [6.45, 7) is 3.22. The number of methoxy groups -OCH3 is 1. The third kappa shape index (κ3) is 4.45. The Labute approximate surface area is 169 Å². The SMILES string of the molecule is CCCCCCNC(c1ccccc1)(c1ccccc1)c1ccc(OC)cc1. The van der Waals surface area contributed by atoms with Gasteiger partial charge in [-0.2, -0.15) is 0 Å². The van der Waals surface area contributed by atoms with Crippen LogP contribution in [0.5, 0.6) is 5.75 Å². The standard InChI is InChI=1S/C26H31NO/c1-3-4-5-12-21-27-26(22-13-8-6-9-14-22,23-15-10-7-11-16-23)24-17-19-25(28-2)20-18-24/h6-11,13-20,27H,3-5,12,21H2,1-2H3. The van der Waals surface area contributed by atoms with Gasteiger partial charge in [0.1, 0.15) is 5.75 Å². The van der Waals surface area contributed by atoms with E-state index in [9.17, 15) is 0 Å². The molecule has 146 valence electrons. The van der Waals surface area contributed by atoms with Gasteiger partial charge in [-0.3, -0.25) is 5.32 Å². The van der Waals surface area contributed by atoms with E-state index in [2.05, 4.69) is 97.2 Å². The number of unbranched alkanes of at least 4 members (excludes halogenated alkanes) is 3. The number of rotatable bonds is 10. The highest BCUT2D eigenvalue weighted by Crippen LogP contribution is 2.37. The van der Waals surface area contributed by atoms with Crippen LogP contribution in [0.3, 0.4) is 0 Å². The Morgan fingerprint density at radius 3 is 1.71 bits per heavy atom. The molecule has 0 spiro atoms. The fourth-order valence-corrected chi connectivity index (χ4v) is 3.85. The first-order valence-electron chi connectivity index (χ1n) is 10.3. The van der Waals surface area contributed by atoms with Gasteiger partial charge in [-0.05, 0) is 41.8 Å². The molecule has 0 aliphatic carbocycles. The highest BCUT2D eigenvalue weighted by molar-refractivity contribution is 5.50. The highest BCUT2D eigenvalue weighted by Gasteiger charge is 2.35. The lowest BCUT2D eigenvalue weighted by molar-refractivity contribution is 0.413. The van der Waals surface area contributed by atoms with E-state index in [1.54, 1.807) is 7.11 Å². The first kappa shape index (κ1) is 20.2. The predicted molar refractivity (Wildman–Crippen MR) is 118 cm³/mol. The molecule has 28 heavy (non-hydrogen) atoms. The molecule has 0 bridgehead atoms. The van der Waals surface area contributed by atoms with Crippen LogP contribution in [-0.4, -0.2) is 13.7 Å². The number of benzene rings is 3. The summed E-state index contributed by atoms with van der Waals surface area (Å²) >= 11 is 0. The van der Waals surface area contributed by atoms with E-state index in [1.165, 1.54) is 42.4 Å². The molecule has 3 aromatic rings. The van der Waals surface area contributed by atoms with Gasteiger partial charge in [-0.25, -0.2) is 0 Å². The first-order valence-corrected chi connectivity index (χ1v) is 10.3. The molecule has 0 atom stereocenters. The Morgan fingerprint density at radius 1 is 0.679 bits per heavy atom. The third-order valence-corrected chi connectivity index (χ3v) is 5.36. The third-order valence-electron chi connectivity index (χ3n) is 5.36. The van der Waals surface area contributed by atoms with E-state index in [0.29, 0.717) is 0 Å². The Hall–Kier alpha value is -2.58.